The molecule has 1 aromatic rings. The lowest BCUT2D eigenvalue weighted by molar-refractivity contribution is -0.128. The maximum Gasteiger partial charge on any atom is 0.384 e. The summed E-state index contributed by atoms with van der Waals surface area (Å²) in [5.74, 6) is -1.45. The number of alkyl halides is 3. The highest BCUT2D eigenvalue weighted by atomic mass is 35.5. The Balaban J connectivity index is 2.62. The molecule has 0 spiro atoms. The van der Waals surface area contributed by atoms with Gasteiger partial charge in [-0.25, -0.2) is 0 Å². The summed E-state index contributed by atoms with van der Waals surface area (Å²) in [6, 6.07) is 7.26. The van der Waals surface area contributed by atoms with Crippen molar-refractivity contribution in [1.29, 1.82) is 0 Å². The van der Waals surface area contributed by atoms with Crippen LogP contribution in [0.5, 0.6) is 0 Å². The van der Waals surface area contributed by atoms with Gasteiger partial charge in [0, 0.05) is 18.0 Å². The highest BCUT2D eigenvalue weighted by molar-refractivity contribution is 6.34. The lowest BCUT2D eigenvalue weighted by Gasteiger charge is -2.05. The third-order valence-corrected chi connectivity index (χ3v) is 2.08. The summed E-state index contributed by atoms with van der Waals surface area (Å²) in [5, 5.41) is -1.12. The van der Waals surface area contributed by atoms with E-state index < -0.39 is 11.2 Å². The predicted octanol–water partition coefficient (Wildman–Crippen LogP) is 3.32. The van der Waals surface area contributed by atoms with E-state index in [1.54, 1.807) is 12.1 Å². The quantitative estimate of drug-likeness (QED) is 0.651. The minimum Gasteiger partial charge on any atom is -0.361 e. The van der Waals surface area contributed by atoms with Crippen LogP contribution in [-0.2, 0) is 4.79 Å². The van der Waals surface area contributed by atoms with Gasteiger partial charge < -0.3 is 5.32 Å². The van der Waals surface area contributed by atoms with Crippen molar-refractivity contribution in [2.45, 2.75) is 12.3 Å². The molecule has 0 saturated heterocycles. The normalized spacial score (nSPS) is 11.8. The standard InChI is InChI=1S/C11H10ClF2NO/c1-8-4-2-3-5-9(8)15-7-6-10(16)11(12,13)14/h2-7,15H,1H3/b7-6-. The number of allylic oxidation sites excluding steroid dienone is 1. The second kappa shape index (κ2) is 5.07. The highest BCUT2D eigenvalue weighted by Gasteiger charge is 2.33. The maximum absolute atomic E-state index is 12.3. The Labute approximate surface area is 96.9 Å². The first-order valence-electron chi connectivity index (χ1n) is 4.51. The van der Waals surface area contributed by atoms with E-state index in [1.807, 2.05) is 19.1 Å². The monoisotopic (exact) mass is 245 g/mol. The van der Waals surface area contributed by atoms with Gasteiger partial charge in [0.1, 0.15) is 0 Å². The van der Waals surface area contributed by atoms with E-state index in [9.17, 15) is 13.6 Å². The fourth-order valence-corrected chi connectivity index (χ4v) is 1.10. The summed E-state index contributed by atoms with van der Waals surface area (Å²) in [6.45, 7) is 1.86. The van der Waals surface area contributed by atoms with Crippen molar-refractivity contribution in [3.05, 3.63) is 42.1 Å². The van der Waals surface area contributed by atoms with Crippen molar-refractivity contribution in [1.82, 2.24) is 0 Å². The van der Waals surface area contributed by atoms with Gasteiger partial charge in [0.25, 0.3) is 0 Å². The van der Waals surface area contributed by atoms with Gasteiger partial charge >= 0.3 is 5.38 Å². The molecule has 0 unspecified atom stereocenters. The number of ketones is 1. The number of carbonyl (C=O) groups is 1. The van der Waals surface area contributed by atoms with E-state index in [2.05, 4.69) is 16.9 Å². The van der Waals surface area contributed by atoms with Crippen molar-refractivity contribution >= 4 is 23.1 Å². The van der Waals surface area contributed by atoms with Gasteiger partial charge in [0.05, 0.1) is 0 Å². The molecule has 0 atom stereocenters. The van der Waals surface area contributed by atoms with Crippen LogP contribution in [0.15, 0.2) is 36.5 Å². The molecule has 0 bridgehead atoms. The Hall–Kier alpha value is -1.42. The molecule has 0 saturated carbocycles. The number of rotatable bonds is 4. The number of aryl methyl sites for hydroxylation is 1. The summed E-state index contributed by atoms with van der Waals surface area (Å²) in [5.41, 5.74) is 1.68. The lowest BCUT2D eigenvalue weighted by Crippen LogP contribution is -2.18. The molecule has 0 aliphatic heterocycles. The van der Waals surface area contributed by atoms with Crippen LogP contribution >= 0.6 is 11.6 Å². The second-order valence-electron chi connectivity index (χ2n) is 3.15. The topological polar surface area (TPSA) is 29.1 Å². The van der Waals surface area contributed by atoms with Crippen LogP contribution in [0.2, 0.25) is 0 Å². The largest absolute Gasteiger partial charge is 0.384 e. The summed E-state index contributed by atoms with van der Waals surface area (Å²) in [7, 11) is 0. The molecule has 0 aliphatic carbocycles. The molecule has 0 fully saturated rings. The zero-order valence-electron chi connectivity index (χ0n) is 8.51. The summed E-state index contributed by atoms with van der Waals surface area (Å²) >= 11 is 4.53. The van der Waals surface area contributed by atoms with Gasteiger partial charge in [0.2, 0.25) is 5.78 Å². The Bertz CT molecular complexity index is 413. The van der Waals surface area contributed by atoms with Crippen molar-refractivity contribution in [2.75, 3.05) is 5.32 Å². The smallest absolute Gasteiger partial charge is 0.361 e. The minimum absolute atomic E-state index is 0.708. The first-order chi connectivity index (χ1) is 7.41. The molecule has 1 rings (SSSR count). The molecule has 1 N–H and O–H groups in total. The van der Waals surface area contributed by atoms with Crippen LogP contribution in [0.4, 0.5) is 14.5 Å². The average Bonchev–Trinajstić information content (AvgIpc) is 2.19. The Morgan fingerprint density at radius 1 is 1.44 bits per heavy atom. The predicted molar refractivity (Wildman–Crippen MR) is 59.7 cm³/mol. The maximum atomic E-state index is 12.3. The molecule has 86 valence electrons. The van der Waals surface area contributed by atoms with Gasteiger partial charge in [-0.2, -0.15) is 8.78 Å². The van der Waals surface area contributed by atoms with Gasteiger partial charge in [-0.15, -0.1) is 0 Å². The summed E-state index contributed by atoms with van der Waals surface area (Å²) < 4.78 is 24.5. The molecule has 16 heavy (non-hydrogen) atoms. The van der Waals surface area contributed by atoms with E-state index >= 15 is 0 Å². The number of hydrogen-bond donors (Lipinski definition) is 1. The van der Waals surface area contributed by atoms with Crippen molar-refractivity contribution in [3.63, 3.8) is 0 Å². The summed E-state index contributed by atoms with van der Waals surface area (Å²) in [4.78, 5) is 10.7. The number of halogens is 3. The van der Waals surface area contributed by atoms with Gasteiger partial charge in [0.15, 0.2) is 0 Å². The molecule has 0 radical (unpaired) electrons. The average molecular weight is 246 g/mol. The van der Waals surface area contributed by atoms with Gasteiger partial charge in [-0.05, 0) is 30.2 Å². The van der Waals surface area contributed by atoms with E-state index in [0.717, 1.165) is 17.5 Å². The van der Waals surface area contributed by atoms with Gasteiger partial charge in [-0.1, -0.05) is 18.2 Å². The molecule has 0 heterocycles. The Morgan fingerprint density at radius 2 is 2.06 bits per heavy atom. The van der Waals surface area contributed by atoms with Crippen molar-refractivity contribution in [3.8, 4) is 0 Å². The van der Waals surface area contributed by atoms with Gasteiger partial charge in [-0.3, -0.25) is 4.79 Å². The number of nitrogens with one attached hydrogen (secondary N) is 1. The number of hydrogen-bond acceptors (Lipinski definition) is 2. The molecule has 0 amide bonds. The lowest BCUT2D eigenvalue weighted by atomic mass is 10.2. The molecule has 1 aromatic carbocycles. The van der Waals surface area contributed by atoms with Crippen LogP contribution in [0.25, 0.3) is 0 Å². The van der Waals surface area contributed by atoms with E-state index in [4.69, 9.17) is 0 Å². The second-order valence-corrected chi connectivity index (χ2v) is 3.63. The molecule has 0 aliphatic rings. The number of para-hydroxylation sites is 1. The number of carbonyl (C=O) groups excluding carboxylic acids is 1. The van der Waals surface area contributed by atoms with Crippen LogP contribution < -0.4 is 5.32 Å². The molecule has 5 heteroatoms. The third kappa shape index (κ3) is 3.62. The zero-order chi connectivity index (χ0) is 12.2. The highest BCUT2D eigenvalue weighted by Crippen LogP contribution is 2.20. The van der Waals surface area contributed by atoms with E-state index in [-0.39, 0.29) is 0 Å². The summed E-state index contributed by atoms with van der Waals surface area (Å²) in [6.07, 6.45) is 1.85. The van der Waals surface area contributed by atoms with Crippen LogP contribution in [0.3, 0.4) is 0 Å². The van der Waals surface area contributed by atoms with E-state index in [1.165, 1.54) is 0 Å². The molecule has 0 aromatic heterocycles. The number of anilines is 1. The number of benzene rings is 1. The fraction of sp³-hybridized carbons (Fsp3) is 0.182. The Kier molecular flexibility index (Phi) is 4.01. The third-order valence-electron chi connectivity index (χ3n) is 1.90. The first kappa shape index (κ1) is 12.6. The molecular weight excluding hydrogens is 236 g/mol. The SMILES string of the molecule is Cc1ccccc1N/C=C\C(=O)C(F)(F)Cl. The van der Waals surface area contributed by atoms with E-state index in [0.29, 0.717) is 6.08 Å². The van der Waals surface area contributed by atoms with Crippen molar-refractivity contribution in [2.24, 2.45) is 0 Å². The van der Waals surface area contributed by atoms with Crippen LogP contribution in [-0.4, -0.2) is 11.2 Å². The zero-order valence-corrected chi connectivity index (χ0v) is 9.26. The first-order valence-corrected chi connectivity index (χ1v) is 4.89. The van der Waals surface area contributed by atoms with Crippen LogP contribution in [0, 0.1) is 6.92 Å². The van der Waals surface area contributed by atoms with Crippen molar-refractivity contribution < 1.29 is 13.6 Å². The molecular formula is C11H10ClF2NO. The van der Waals surface area contributed by atoms with Crippen LogP contribution in [0.1, 0.15) is 5.56 Å². The fourth-order valence-electron chi connectivity index (χ4n) is 1.04. The molecule has 2 nitrogen and oxygen atoms in total. The minimum atomic E-state index is -3.84. The Morgan fingerprint density at radius 3 is 2.62 bits per heavy atom.